The highest BCUT2D eigenvalue weighted by molar-refractivity contribution is 9.11. The number of halogens is 4. The Morgan fingerprint density at radius 1 is 1.03 bits per heavy atom. The predicted molar refractivity (Wildman–Crippen MR) is 135 cm³/mol. The number of para-hydroxylation sites is 1. The van der Waals surface area contributed by atoms with E-state index in [0.29, 0.717) is 19.6 Å². The van der Waals surface area contributed by atoms with Crippen molar-refractivity contribution in [3.05, 3.63) is 97.3 Å². The lowest BCUT2D eigenvalue weighted by molar-refractivity contribution is -0.113. The van der Waals surface area contributed by atoms with Gasteiger partial charge in [-0.2, -0.15) is 0 Å². The van der Waals surface area contributed by atoms with Crippen LogP contribution in [0.1, 0.15) is 11.1 Å². The van der Waals surface area contributed by atoms with E-state index in [4.69, 9.17) is 17.0 Å². The number of rotatable bonds is 5. The fraction of sp³-hybridized carbons (Fsp3) is 0.0435. The Hall–Kier alpha value is -2.07. The summed E-state index contributed by atoms with van der Waals surface area (Å²) < 4.78 is 34.7. The second-order valence-corrected chi connectivity index (χ2v) is 10.1. The number of thioether (sulfide) groups is 1. The van der Waals surface area contributed by atoms with Gasteiger partial charge in [0.25, 0.3) is 5.91 Å². The standard InChI is InChI=1S/C23H13Br2F2NO2S2/c24-16-9-14(10-17(25)21(16)30-12-13-5-7-15(26)8-6-13)11-20-22(29)28(23(31)32-20)19-4-2-1-3-18(19)27/h1-11H,12H2/b20-11+. The minimum absolute atomic E-state index is 0.130. The van der Waals surface area contributed by atoms with E-state index in [1.54, 1.807) is 42.5 Å². The number of ether oxygens (including phenoxy) is 1. The van der Waals surface area contributed by atoms with Gasteiger partial charge in [-0.25, -0.2) is 8.78 Å². The van der Waals surface area contributed by atoms with Crippen LogP contribution < -0.4 is 9.64 Å². The molecular formula is C23H13Br2F2NO2S2. The van der Waals surface area contributed by atoms with Crippen LogP contribution in [0.25, 0.3) is 6.08 Å². The maximum atomic E-state index is 14.2. The molecule has 1 aliphatic rings. The van der Waals surface area contributed by atoms with Crippen LogP contribution in [-0.4, -0.2) is 10.2 Å². The molecule has 0 aliphatic carbocycles. The first-order valence-electron chi connectivity index (χ1n) is 9.22. The Morgan fingerprint density at radius 2 is 1.69 bits per heavy atom. The van der Waals surface area contributed by atoms with Gasteiger partial charge in [0.05, 0.1) is 19.5 Å². The van der Waals surface area contributed by atoms with Gasteiger partial charge < -0.3 is 4.74 Å². The zero-order valence-corrected chi connectivity index (χ0v) is 21.0. The first kappa shape index (κ1) is 23.1. The third-order valence-electron chi connectivity index (χ3n) is 4.50. The van der Waals surface area contributed by atoms with Gasteiger partial charge in [0.2, 0.25) is 0 Å². The van der Waals surface area contributed by atoms with E-state index in [9.17, 15) is 13.6 Å². The van der Waals surface area contributed by atoms with E-state index in [2.05, 4.69) is 31.9 Å². The summed E-state index contributed by atoms with van der Waals surface area (Å²) in [6.07, 6.45) is 1.69. The molecule has 0 unspecified atom stereocenters. The molecule has 3 nitrogen and oxygen atoms in total. The highest BCUT2D eigenvalue weighted by Gasteiger charge is 2.34. The fourth-order valence-corrected chi connectivity index (χ4v) is 5.73. The van der Waals surface area contributed by atoms with Crippen molar-refractivity contribution in [1.29, 1.82) is 0 Å². The van der Waals surface area contributed by atoms with Crippen molar-refractivity contribution in [3.8, 4) is 5.75 Å². The number of carbonyl (C=O) groups excluding carboxylic acids is 1. The molecule has 9 heteroatoms. The zero-order valence-electron chi connectivity index (χ0n) is 16.2. The SMILES string of the molecule is O=C1/C(=C\c2cc(Br)c(OCc3ccc(F)cc3)c(Br)c2)SC(=S)N1c1ccccc1F. The first-order valence-corrected chi connectivity index (χ1v) is 12.0. The monoisotopic (exact) mass is 595 g/mol. The van der Waals surface area contributed by atoms with Gasteiger partial charge >= 0.3 is 0 Å². The first-order chi connectivity index (χ1) is 15.3. The van der Waals surface area contributed by atoms with Crippen LogP contribution in [0.5, 0.6) is 5.75 Å². The molecule has 0 spiro atoms. The van der Waals surface area contributed by atoms with Crippen molar-refractivity contribution in [2.24, 2.45) is 0 Å². The highest BCUT2D eigenvalue weighted by Crippen LogP contribution is 2.39. The summed E-state index contributed by atoms with van der Waals surface area (Å²) in [4.78, 5) is 14.5. The average molecular weight is 597 g/mol. The summed E-state index contributed by atoms with van der Waals surface area (Å²) in [6, 6.07) is 15.7. The Bertz CT molecular complexity index is 1230. The molecule has 3 aromatic rings. The molecule has 0 atom stereocenters. The van der Waals surface area contributed by atoms with Crippen LogP contribution in [-0.2, 0) is 11.4 Å². The number of amides is 1. The highest BCUT2D eigenvalue weighted by atomic mass is 79.9. The van der Waals surface area contributed by atoms with Crippen molar-refractivity contribution in [2.45, 2.75) is 6.61 Å². The topological polar surface area (TPSA) is 29.5 Å². The number of hydrogen-bond donors (Lipinski definition) is 0. The number of hydrogen-bond acceptors (Lipinski definition) is 4. The third kappa shape index (κ3) is 4.96. The summed E-state index contributed by atoms with van der Waals surface area (Å²) in [6.45, 7) is 0.262. The summed E-state index contributed by atoms with van der Waals surface area (Å²) in [7, 11) is 0. The van der Waals surface area contributed by atoms with Gasteiger partial charge in [0.1, 0.15) is 24.0 Å². The molecule has 1 saturated heterocycles. The normalized spacial score (nSPS) is 15.0. The number of nitrogens with zero attached hydrogens (tertiary/aromatic N) is 1. The van der Waals surface area contributed by atoms with Crippen molar-refractivity contribution in [2.75, 3.05) is 4.90 Å². The van der Waals surface area contributed by atoms with E-state index in [1.807, 2.05) is 0 Å². The molecule has 1 aliphatic heterocycles. The minimum Gasteiger partial charge on any atom is -0.487 e. The Balaban J connectivity index is 1.55. The van der Waals surface area contributed by atoms with Crippen molar-refractivity contribution >= 4 is 77.8 Å². The van der Waals surface area contributed by atoms with Crippen LogP contribution in [0, 0.1) is 11.6 Å². The van der Waals surface area contributed by atoms with Gasteiger partial charge in [-0.1, -0.05) is 48.2 Å². The molecule has 1 amide bonds. The second kappa shape index (κ2) is 9.82. The smallest absolute Gasteiger partial charge is 0.270 e. The van der Waals surface area contributed by atoms with E-state index in [1.165, 1.54) is 29.2 Å². The van der Waals surface area contributed by atoms with Crippen molar-refractivity contribution in [3.63, 3.8) is 0 Å². The van der Waals surface area contributed by atoms with Crippen LogP contribution in [0.3, 0.4) is 0 Å². The summed E-state index contributed by atoms with van der Waals surface area (Å²) in [5.74, 6) is -0.626. The van der Waals surface area contributed by atoms with Gasteiger partial charge in [-0.3, -0.25) is 9.69 Å². The molecule has 0 radical (unpaired) electrons. The Kier molecular flexibility index (Phi) is 7.09. The maximum Gasteiger partial charge on any atom is 0.270 e. The van der Waals surface area contributed by atoms with Gasteiger partial charge in [0, 0.05) is 0 Å². The van der Waals surface area contributed by atoms with Crippen LogP contribution in [0.15, 0.2) is 74.5 Å². The fourth-order valence-electron chi connectivity index (χ4n) is 3.00. The molecule has 0 aromatic heterocycles. The van der Waals surface area contributed by atoms with Gasteiger partial charge in [0.15, 0.2) is 4.32 Å². The van der Waals surface area contributed by atoms with E-state index < -0.39 is 5.82 Å². The number of thiocarbonyl (C=S) groups is 1. The summed E-state index contributed by atoms with van der Waals surface area (Å²) >= 11 is 13.4. The molecule has 0 bridgehead atoms. The second-order valence-electron chi connectivity index (χ2n) is 6.70. The van der Waals surface area contributed by atoms with Crippen molar-refractivity contribution < 1.29 is 18.3 Å². The van der Waals surface area contributed by atoms with E-state index in [0.717, 1.165) is 22.9 Å². The molecular weight excluding hydrogens is 584 g/mol. The third-order valence-corrected chi connectivity index (χ3v) is 6.98. The molecule has 1 fully saturated rings. The van der Waals surface area contributed by atoms with Crippen molar-refractivity contribution in [1.82, 2.24) is 0 Å². The Morgan fingerprint density at radius 3 is 2.34 bits per heavy atom. The molecule has 0 saturated carbocycles. The molecule has 0 N–H and O–H groups in total. The molecule has 1 heterocycles. The quantitative estimate of drug-likeness (QED) is 0.226. The molecule has 4 rings (SSSR count). The number of benzene rings is 3. The lowest BCUT2D eigenvalue weighted by Gasteiger charge is -2.15. The largest absolute Gasteiger partial charge is 0.487 e. The van der Waals surface area contributed by atoms with Gasteiger partial charge in [-0.05, 0) is 85.5 Å². The van der Waals surface area contributed by atoms with E-state index >= 15 is 0 Å². The van der Waals surface area contributed by atoms with Gasteiger partial charge in [-0.15, -0.1) is 0 Å². The zero-order chi connectivity index (χ0) is 22.8. The van der Waals surface area contributed by atoms with Crippen LogP contribution in [0.2, 0.25) is 0 Å². The number of carbonyl (C=O) groups is 1. The summed E-state index contributed by atoms with van der Waals surface area (Å²) in [5.41, 5.74) is 1.68. The Labute approximate surface area is 209 Å². The average Bonchev–Trinajstić information content (AvgIpc) is 3.02. The molecule has 3 aromatic carbocycles. The van der Waals surface area contributed by atoms with Crippen LogP contribution >= 0.6 is 55.8 Å². The molecule has 32 heavy (non-hydrogen) atoms. The lowest BCUT2D eigenvalue weighted by atomic mass is 10.2. The lowest BCUT2D eigenvalue weighted by Crippen LogP contribution is -2.28. The number of anilines is 1. The summed E-state index contributed by atoms with van der Waals surface area (Å²) in [5, 5.41) is 0. The predicted octanol–water partition coefficient (Wildman–Crippen LogP) is 7.47. The molecule has 162 valence electrons. The van der Waals surface area contributed by atoms with Crippen LogP contribution in [0.4, 0.5) is 14.5 Å². The maximum absolute atomic E-state index is 14.2. The van der Waals surface area contributed by atoms with E-state index in [-0.39, 0.29) is 28.3 Å². The minimum atomic E-state index is -0.516.